The molecule has 0 amide bonds. The molecule has 1 aliphatic rings. The van der Waals surface area contributed by atoms with Crippen LogP contribution >= 0.6 is 0 Å². The molecule has 6 heteroatoms. The van der Waals surface area contributed by atoms with E-state index < -0.39 is 15.8 Å². The summed E-state index contributed by atoms with van der Waals surface area (Å²) in [4.78, 5) is -0.0835. The molecule has 0 bridgehead atoms. The van der Waals surface area contributed by atoms with Crippen LogP contribution in [0.4, 0.5) is 10.1 Å². The molecule has 16 heavy (non-hydrogen) atoms. The first-order valence-electron chi connectivity index (χ1n) is 5.04. The van der Waals surface area contributed by atoms with Gasteiger partial charge in [-0.2, -0.15) is 0 Å². The van der Waals surface area contributed by atoms with E-state index in [-0.39, 0.29) is 10.6 Å². The maximum Gasteiger partial charge on any atom is 0.240 e. The summed E-state index contributed by atoms with van der Waals surface area (Å²) in [7, 11) is -3.60. The molecule has 1 aliphatic carbocycles. The van der Waals surface area contributed by atoms with Crippen molar-refractivity contribution in [2.75, 3.05) is 12.3 Å². The zero-order chi connectivity index (χ0) is 11.8. The molecule has 1 saturated carbocycles. The average molecular weight is 244 g/mol. The van der Waals surface area contributed by atoms with Crippen molar-refractivity contribution in [2.45, 2.75) is 17.7 Å². The number of rotatable bonds is 4. The zero-order valence-corrected chi connectivity index (χ0v) is 9.43. The van der Waals surface area contributed by atoms with Gasteiger partial charge in [0, 0.05) is 6.54 Å². The highest BCUT2D eigenvalue weighted by atomic mass is 32.2. The lowest BCUT2D eigenvalue weighted by Gasteiger charge is -2.06. The van der Waals surface area contributed by atoms with E-state index in [9.17, 15) is 12.8 Å². The number of nitrogen functional groups attached to an aromatic ring is 1. The molecular formula is C10H13FN2O2S. The van der Waals surface area contributed by atoms with Crippen molar-refractivity contribution in [1.29, 1.82) is 0 Å². The van der Waals surface area contributed by atoms with E-state index in [2.05, 4.69) is 4.72 Å². The van der Waals surface area contributed by atoms with E-state index in [0.717, 1.165) is 18.9 Å². The molecule has 88 valence electrons. The van der Waals surface area contributed by atoms with Crippen molar-refractivity contribution < 1.29 is 12.8 Å². The van der Waals surface area contributed by atoms with Crippen LogP contribution in [0, 0.1) is 11.7 Å². The Morgan fingerprint density at radius 2 is 2.12 bits per heavy atom. The zero-order valence-electron chi connectivity index (χ0n) is 8.61. The lowest BCUT2D eigenvalue weighted by Crippen LogP contribution is -2.25. The van der Waals surface area contributed by atoms with Gasteiger partial charge < -0.3 is 5.73 Å². The molecule has 1 aromatic carbocycles. The second-order valence-corrected chi connectivity index (χ2v) is 5.75. The fourth-order valence-corrected chi connectivity index (χ4v) is 2.44. The fraction of sp³-hybridized carbons (Fsp3) is 0.400. The Kier molecular flexibility index (Phi) is 2.86. The summed E-state index contributed by atoms with van der Waals surface area (Å²) in [5.74, 6) is -0.275. The number of hydrogen-bond acceptors (Lipinski definition) is 3. The minimum absolute atomic E-state index is 0.0545. The van der Waals surface area contributed by atoms with Crippen LogP contribution in [0.5, 0.6) is 0 Å². The molecular weight excluding hydrogens is 231 g/mol. The molecule has 0 aromatic heterocycles. The van der Waals surface area contributed by atoms with Crippen LogP contribution in [0.2, 0.25) is 0 Å². The monoisotopic (exact) mass is 244 g/mol. The van der Waals surface area contributed by atoms with Gasteiger partial charge in [-0.05, 0) is 37.0 Å². The topological polar surface area (TPSA) is 72.2 Å². The van der Waals surface area contributed by atoms with Crippen molar-refractivity contribution in [3.8, 4) is 0 Å². The Morgan fingerprint density at radius 1 is 1.44 bits per heavy atom. The average Bonchev–Trinajstić information content (AvgIpc) is 3.03. The lowest BCUT2D eigenvalue weighted by molar-refractivity contribution is 0.574. The molecule has 3 N–H and O–H groups in total. The number of anilines is 1. The van der Waals surface area contributed by atoms with Gasteiger partial charge in [-0.3, -0.25) is 0 Å². The summed E-state index contributed by atoms with van der Waals surface area (Å²) in [6, 6.07) is 3.49. The summed E-state index contributed by atoms with van der Waals surface area (Å²) < 4.78 is 39.0. The predicted octanol–water partition coefficient (Wildman–Crippen LogP) is 1.10. The van der Waals surface area contributed by atoms with Gasteiger partial charge in [-0.25, -0.2) is 17.5 Å². The Morgan fingerprint density at radius 3 is 2.69 bits per heavy atom. The van der Waals surface area contributed by atoms with Crippen molar-refractivity contribution in [3.05, 3.63) is 24.0 Å². The van der Waals surface area contributed by atoms with Crippen molar-refractivity contribution in [1.82, 2.24) is 4.72 Å². The third kappa shape index (κ3) is 2.51. The minimum Gasteiger partial charge on any atom is -0.396 e. The van der Waals surface area contributed by atoms with Crippen molar-refractivity contribution in [2.24, 2.45) is 5.92 Å². The minimum atomic E-state index is -3.60. The molecule has 0 radical (unpaired) electrons. The standard InChI is InChI=1S/C10H13FN2O2S/c11-9-5-8(3-4-10(9)12)16(14,15)13-6-7-1-2-7/h3-5,7,13H,1-2,6,12H2. The van der Waals surface area contributed by atoms with Crippen LogP contribution in [0.25, 0.3) is 0 Å². The quantitative estimate of drug-likeness (QED) is 0.779. The SMILES string of the molecule is Nc1ccc(S(=O)(=O)NCC2CC2)cc1F. The van der Waals surface area contributed by atoms with Gasteiger partial charge >= 0.3 is 0 Å². The maximum absolute atomic E-state index is 13.1. The van der Waals surface area contributed by atoms with Crippen LogP contribution in [0.15, 0.2) is 23.1 Å². The highest BCUT2D eigenvalue weighted by molar-refractivity contribution is 7.89. The lowest BCUT2D eigenvalue weighted by atomic mass is 10.3. The number of nitrogens with two attached hydrogens (primary N) is 1. The first-order valence-corrected chi connectivity index (χ1v) is 6.52. The smallest absolute Gasteiger partial charge is 0.240 e. The maximum atomic E-state index is 13.1. The number of hydrogen-bond donors (Lipinski definition) is 2. The van der Waals surface area contributed by atoms with Crippen LogP contribution in [0.1, 0.15) is 12.8 Å². The first kappa shape index (κ1) is 11.3. The van der Waals surface area contributed by atoms with Gasteiger partial charge in [0.15, 0.2) is 0 Å². The molecule has 2 rings (SSSR count). The first-order chi connectivity index (χ1) is 7.49. The van der Waals surface area contributed by atoms with Gasteiger partial charge in [0.25, 0.3) is 0 Å². The van der Waals surface area contributed by atoms with Crippen molar-refractivity contribution in [3.63, 3.8) is 0 Å². The molecule has 1 fully saturated rings. The van der Waals surface area contributed by atoms with Gasteiger partial charge in [0.2, 0.25) is 10.0 Å². The molecule has 0 saturated heterocycles. The third-order valence-corrected chi connectivity index (χ3v) is 3.96. The summed E-state index contributed by atoms with van der Waals surface area (Å²) in [6.07, 6.45) is 2.11. The molecule has 1 aromatic rings. The van der Waals surface area contributed by atoms with E-state index in [0.29, 0.717) is 12.5 Å². The van der Waals surface area contributed by atoms with Gasteiger partial charge in [-0.1, -0.05) is 0 Å². The Balaban J connectivity index is 2.17. The third-order valence-electron chi connectivity index (χ3n) is 2.54. The second-order valence-electron chi connectivity index (χ2n) is 3.98. The Labute approximate surface area is 93.7 Å². The molecule has 0 unspecified atom stereocenters. The largest absolute Gasteiger partial charge is 0.396 e. The van der Waals surface area contributed by atoms with E-state index in [4.69, 9.17) is 5.73 Å². The number of benzene rings is 1. The predicted molar refractivity (Wildman–Crippen MR) is 58.7 cm³/mol. The number of sulfonamides is 1. The molecule has 0 atom stereocenters. The Bertz CT molecular complexity index is 498. The molecule has 0 spiro atoms. The van der Waals surface area contributed by atoms with Gasteiger partial charge in [0.05, 0.1) is 10.6 Å². The van der Waals surface area contributed by atoms with Gasteiger partial charge in [0.1, 0.15) is 5.82 Å². The van der Waals surface area contributed by atoms with Crippen LogP contribution < -0.4 is 10.5 Å². The summed E-state index contributed by atoms with van der Waals surface area (Å²) >= 11 is 0. The highest BCUT2D eigenvalue weighted by Gasteiger charge is 2.24. The molecule has 0 heterocycles. The Hall–Kier alpha value is -1.14. The van der Waals surface area contributed by atoms with Crippen LogP contribution in [0.3, 0.4) is 0 Å². The van der Waals surface area contributed by atoms with E-state index >= 15 is 0 Å². The van der Waals surface area contributed by atoms with Crippen LogP contribution in [-0.4, -0.2) is 15.0 Å². The van der Waals surface area contributed by atoms with E-state index in [1.165, 1.54) is 12.1 Å². The summed E-state index contributed by atoms with van der Waals surface area (Å²) in [5.41, 5.74) is 5.22. The van der Waals surface area contributed by atoms with Crippen molar-refractivity contribution >= 4 is 15.7 Å². The van der Waals surface area contributed by atoms with Gasteiger partial charge in [-0.15, -0.1) is 0 Å². The number of halogens is 1. The number of nitrogens with one attached hydrogen (secondary N) is 1. The summed E-state index contributed by atoms with van der Waals surface area (Å²) in [5, 5.41) is 0. The normalized spacial score (nSPS) is 16.3. The fourth-order valence-electron chi connectivity index (χ4n) is 1.31. The summed E-state index contributed by atoms with van der Waals surface area (Å²) in [6.45, 7) is 0.425. The molecule has 0 aliphatic heterocycles. The molecule has 4 nitrogen and oxygen atoms in total. The van der Waals surface area contributed by atoms with E-state index in [1.807, 2.05) is 0 Å². The second kappa shape index (κ2) is 4.03. The van der Waals surface area contributed by atoms with Crippen LogP contribution in [-0.2, 0) is 10.0 Å². The highest BCUT2D eigenvalue weighted by Crippen LogP contribution is 2.28. The van der Waals surface area contributed by atoms with E-state index in [1.54, 1.807) is 0 Å².